The molecule has 1 aliphatic carbocycles. The lowest BCUT2D eigenvalue weighted by molar-refractivity contribution is 0.216. The molecule has 0 aromatic carbocycles. The maximum atomic E-state index is 3.52. The van der Waals surface area contributed by atoms with E-state index in [1.54, 1.807) is 0 Å². The van der Waals surface area contributed by atoms with Crippen LogP contribution in [0.5, 0.6) is 0 Å². The first-order chi connectivity index (χ1) is 6.93. The van der Waals surface area contributed by atoms with E-state index in [-0.39, 0.29) is 0 Å². The molecule has 2 heteroatoms. The summed E-state index contributed by atoms with van der Waals surface area (Å²) in [5.74, 6) is 1.89. The summed E-state index contributed by atoms with van der Waals surface area (Å²) in [6.07, 6.45) is 8.77. The number of fused-ring (bicyclic) bond motifs is 1. The molecule has 14 heavy (non-hydrogen) atoms. The van der Waals surface area contributed by atoms with E-state index in [9.17, 15) is 0 Å². The van der Waals surface area contributed by atoms with Crippen LogP contribution >= 0.6 is 0 Å². The van der Waals surface area contributed by atoms with Crippen LogP contribution in [0.2, 0.25) is 0 Å². The lowest BCUT2D eigenvalue weighted by atomic mass is 10.0. The average molecular weight is 192 g/mol. The van der Waals surface area contributed by atoms with E-state index in [4.69, 9.17) is 0 Å². The van der Waals surface area contributed by atoms with Gasteiger partial charge in [-0.15, -0.1) is 0 Å². The topological polar surface area (TPSA) is 15.3 Å². The third kappa shape index (κ3) is 1.51. The Labute approximate surface area is 86.4 Å². The maximum Gasteiger partial charge on any atom is 0.0261 e. The quantitative estimate of drug-likeness (QED) is 0.662. The fourth-order valence-electron chi connectivity index (χ4n) is 3.32. The molecule has 2 fully saturated rings. The van der Waals surface area contributed by atoms with Gasteiger partial charge in [0.2, 0.25) is 0 Å². The summed E-state index contributed by atoms with van der Waals surface area (Å²) in [5.41, 5.74) is 0. The number of nitrogens with zero attached hydrogens (tertiary/aromatic N) is 1. The van der Waals surface area contributed by atoms with Crippen molar-refractivity contribution in [1.82, 2.24) is 10.2 Å². The van der Waals surface area contributed by atoms with Gasteiger partial charge in [-0.2, -0.15) is 0 Å². The molecule has 2 nitrogen and oxygen atoms in total. The fourth-order valence-corrected chi connectivity index (χ4v) is 3.32. The number of hydrogen-bond donors (Lipinski definition) is 1. The van der Waals surface area contributed by atoms with Gasteiger partial charge in [0.05, 0.1) is 0 Å². The Morgan fingerprint density at radius 3 is 2.93 bits per heavy atom. The summed E-state index contributed by atoms with van der Waals surface area (Å²) >= 11 is 0. The molecule has 78 valence electrons. The minimum Gasteiger partial charge on any atom is -0.315 e. The highest BCUT2D eigenvalue weighted by Gasteiger charge is 2.37. The minimum atomic E-state index is 0.871. The number of rotatable bonds is 2. The van der Waals surface area contributed by atoms with Gasteiger partial charge in [-0.25, -0.2) is 0 Å². The zero-order valence-electron chi connectivity index (χ0n) is 8.78. The van der Waals surface area contributed by atoms with Crippen molar-refractivity contribution in [3.8, 4) is 0 Å². The van der Waals surface area contributed by atoms with Gasteiger partial charge in [-0.1, -0.05) is 12.2 Å². The van der Waals surface area contributed by atoms with Crippen LogP contribution in [-0.2, 0) is 0 Å². The zero-order chi connectivity index (χ0) is 9.38. The third-order valence-electron chi connectivity index (χ3n) is 4.16. The van der Waals surface area contributed by atoms with Crippen molar-refractivity contribution in [1.29, 1.82) is 0 Å². The lowest BCUT2D eigenvalue weighted by Crippen LogP contribution is -2.37. The smallest absolute Gasteiger partial charge is 0.0261 e. The standard InChI is InChI=1S/C12H20N2/c1-2-4-10(3-1)9-14-6-5-11-7-13-8-12(11)14/h1-2,10-13H,3-9H2/t11-,12+/m1/s1. The van der Waals surface area contributed by atoms with Crippen LogP contribution in [0.25, 0.3) is 0 Å². The molecule has 1 N–H and O–H groups in total. The fraction of sp³-hybridized carbons (Fsp3) is 0.833. The molecule has 0 bridgehead atoms. The highest BCUT2D eigenvalue weighted by atomic mass is 15.2. The Kier molecular flexibility index (Phi) is 2.34. The second kappa shape index (κ2) is 3.67. The Hall–Kier alpha value is -0.340. The number of likely N-dealkylation sites (tertiary alicyclic amines) is 1. The maximum absolute atomic E-state index is 3.52. The van der Waals surface area contributed by atoms with Crippen LogP contribution in [0, 0.1) is 11.8 Å². The van der Waals surface area contributed by atoms with Crippen molar-refractivity contribution in [2.75, 3.05) is 26.2 Å². The molecular formula is C12H20N2. The van der Waals surface area contributed by atoms with Crippen molar-refractivity contribution in [2.24, 2.45) is 11.8 Å². The van der Waals surface area contributed by atoms with Crippen molar-refractivity contribution < 1.29 is 0 Å². The Bertz CT molecular complexity index is 228. The molecule has 0 spiro atoms. The number of nitrogens with one attached hydrogen (secondary N) is 1. The van der Waals surface area contributed by atoms with Crippen molar-refractivity contribution in [2.45, 2.75) is 25.3 Å². The first kappa shape index (κ1) is 8.93. The van der Waals surface area contributed by atoms with Crippen LogP contribution in [0.4, 0.5) is 0 Å². The largest absolute Gasteiger partial charge is 0.315 e. The van der Waals surface area contributed by atoms with E-state index in [0.717, 1.165) is 17.9 Å². The molecule has 0 amide bonds. The molecule has 0 aromatic heterocycles. The van der Waals surface area contributed by atoms with E-state index in [1.807, 2.05) is 0 Å². The molecule has 3 aliphatic rings. The third-order valence-corrected chi connectivity index (χ3v) is 4.16. The van der Waals surface area contributed by atoms with Crippen LogP contribution in [-0.4, -0.2) is 37.1 Å². The molecule has 0 radical (unpaired) electrons. The molecule has 0 unspecified atom stereocenters. The SMILES string of the molecule is C1=CCC(CN2CC[C@@H]3CNC[C@@H]32)C1. The monoisotopic (exact) mass is 192 g/mol. The summed E-state index contributed by atoms with van der Waals surface area (Å²) < 4.78 is 0. The molecular weight excluding hydrogens is 172 g/mol. The predicted molar refractivity (Wildman–Crippen MR) is 58.2 cm³/mol. The molecule has 0 aromatic rings. The van der Waals surface area contributed by atoms with Gasteiger partial charge in [0.25, 0.3) is 0 Å². The Morgan fingerprint density at radius 1 is 1.21 bits per heavy atom. The van der Waals surface area contributed by atoms with E-state index in [0.29, 0.717) is 0 Å². The zero-order valence-corrected chi connectivity index (χ0v) is 8.78. The summed E-state index contributed by atoms with van der Waals surface area (Å²) in [5, 5.41) is 3.52. The molecule has 2 heterocycles. The van der Waals surface area contributed by atoms with Crippen molar-refractivity contribution >= 4 is 0 Å². The second-order valence-corrected chi connectivity index (χ2v) is 5.08. The van der Waals surface area contributed by atoms with Gasteiger partial charge in [0.1, 0.15) is 0 Å². The summed E-state index contributed by atoms with van der Waals surface area (Å²) in [6.45, 7) is 5.21. The summed E-state index contributed by atoms with van der Waals surface area (Å²) in [7, 11) is 0. The number of hydrogen-bond acceptors (Lipinski definition) is 2. The predicted octanol–water partition coefficient (Wildman–Crippen LogP) is 1.25. The van der Waals surface area contributed by atoms with Crippen LogP contribution in [0.3, 0.4) is 0 Å². The van der Waals surface area contributed by atoms with E-state index in [1.165, 1.54) is 45.4 Å². The average Bonchev–Trinajstić information content (AvgIpc) is 2.85. The summed E-state index contributed by atoms with van der Waals surface area (Å²) in [6, 6.07) is 0.871. The second-order valence-electron chi connectivity index (χ2n) is 5.08. The molecule has 0 saturated carbocycles. The van der Waals surface area contributed by atoms with Gasteiger partial charge in [0.15, 0.2) is 0 Å². The summed E-state index contributed by atoms with van der Waals surface area (Å²) in [4.78, 5) is 2.74. The van der Waals surface area contributed by atoms with Gasteiger partial charge < -0.3 is 5.32 Å². The first-order valence-corrected chi connectivity index (χ1v) is 6.03. The normalized spacial score (nSPS) is 38.3. The van der Waals surface area contributed by atoms with Gasteiger partial charge in [-0.05, 0) is 44.2 Å². The van der Waals surface area contributed by atoms with E-state index >= 15 is 0 Å². The van der Waals surface area contributed by atoms with Crippen molar-refractivity contribution in [3.63, 3.8) is 0 Å². The molecule has 2 aliphatic heterocycles. The van der Waals surface area contributed by atoms with Crippen LogP contribution in [0.1, 0.15) is 19.3 Å². The van der Waals surface area contributed by atoms with Crippen LogP contribution < -0.4 is 5.32 Å². The first-order valence-electron chi connectivity index (χ1n) is 6.03. The van der Waals surface area contributed by atoms with Crippen LogP contribution in [0.15, 0.2) is 12.2 Å². The molecule has 2 atom stereocenters. The number of allylic oxidation sites excluding steroid dienone is 2. The van der Waals surface area contributed by atoms with Gasteiger partial charge in [0, 0.05) is 19.1 Å². The lowest BCUT2D eigenvalue weighted by Gasteiger charge is -2.26. The Morgan fingerprint density at radius 2 is 2.07 bits per heavy atom. The molecule has 2 saturated heterocycles. The highest BCUT2D eigenvalue weighted by molar-refractivity contribution is 4.99. The highest BCUT2D eigenvalue weighted by Crippen LogP contribution is 2.29. The van der Waals surface area contributed by atoms with Gasteiger partial charge in [-0.3, -0.25) is 4.90 Å². The molecule has 3 rings (SSSR count). The Balaban J connectivity index is 1.57. The van der Waals surface area contributed by atoms with Crippen molar-refractivity contribution in [3.05, 3.63) is 12.2 Å². The van der Waals surface area contributed by atoms with Gasteiger partial charge >= 0.3 is 0 Å². The minimum absolute atomic E-state index is 0.871. The van der Waals surface area contributed by atoms with E-state index < -0.39 is 0 Å². The van der Waals surface area contributed by atoms with E-state index in [2.05, 4.69) is 22.4 Å².